The number of cyclic esters (lactones) is 1. The van der Waals surface area contributed by atoms with Gasteiger partial charge in [-0.2, -0.15) is 5.26 Å². The first kappa shape index (κ1) is 25.2. The Bertz CT molecular complexity index is 1890. The molecule has 2 saturated heterocycles. The van der Waals surface area contributed by atoms with Gasteiger partial charge in [0.2, 0.25) is 0 Å². The number of anilines is 1. The summed E-state index contributed by atoms with van der Waals surface area (Å²) < 4.78 is 8.03. The molecule has 1 amide bonds. The van der Waals surface area contributed by atoms with Crippen LogP contribution in [0, 0.1) is 18.3 Å². The average Bonchev–Trinajstić information content (AvgIpc) is 3.59. The van der Waals surface area contributed by atoms with Gasteiger partial charge in [-0.1, -0.05) is 24.3 Å². The van der Waals surface area contributed by atoms with Gasteiger partial charge in [-0.15, -0.1) is 11.3 Å². The molecule has 0 unspecified atom stereocenters. The van der Waals surface area contributed by atoms with Crippen molar-refractivity contribution in [3.05, 3.63) is 88.0 Å². The van der Waals surface area contributed by atoms with E-state index in [0.29, 0.717) is 42.0 Å². The van der Waals surface area contributed by atoms with Gasteiger partial charge < -0.3 is 15.0 Å². The van der Waals surface area contributed by atoms with Gasteiger partial charge in [0.05, 0.1) is 45.3 Å². The van der Waals surface area contributed by atoms with Crippen molar-refractivity contribution >= 4 is 44.2 Å². The molecule has 2 fully saturated rings. The molecule has 0 bridgehead atoms. The number of aromatic nitrogens is 3. The van der Waals surface area contributed by atoms with E-state index in [1.54, 1.807) is 28.0 Å². The number of benzene rings is 3. The first-order chi connectivity index (χ1) is 20.0. The lowest BCUT2D eigenvalue weighted by Gasteiger charge is -2.33. The number of hydrogen-bond acceptors (Lipinski definition) is 8. The summed E-state index contributed by atoms with van der Waals surface area (Å²) in [5, 5.41) is 14.2. The second-order valence-corrected chi connectivity index (χ2v) is 11.6. The Kier molecular flexibility index (Phi) is 6.16. The number of carbonyl (C=O) groups is 1. The fourth-order valence-corrected chi connectivity index (χ4v) is 6.76. The Morgan fingerprint density at radius 3 is 2.73 bits per heavy atom. The molecule has 5 aromatic rings. The highest BCUT2D eigenvalue weighted by Gasteiger charge is 2.38. The van der Waals surface area contributed by atoms with Crippen LogP contribution in [0.25, 0.3) is 31.7 Å². The summed E-state index contributed by atoms with van der Waals surface area (Å²) in [5.74, 6) is 0.612. The molecule has 1 N–H and O–H groups in total. The van der Waals surface area contributed by atoms with Crippen molar-refractivity contribution in [2.24, 2.45) is 0 Å². The van der Waals surface area contributed by atoms with Gasteiger partial charge in [0.15, 0.2) is 0 Å². The van der Waals surface area contributed by atoms with Gasteiger partial charge in [-0.25, -0.2) is 14.8 Å². The number of ether oxygens (including phenoxy) is 1. The number of piperidine rings is 1. The average molecular weight is 563 g/mol. The molecule has 41 heavy (non-hydrogen) atoms. The van der Waals surface area contributed by atoms with Crippen molar-refractivity contribution in [1.29, 1.82) is 5.26 Å². The third-order valence-corrected chi connectivity index (χ3v) is 9.01. The van der Waals surface area contributed by atoms with E-state index in [9.17, 15) is 9.59 Å². The highest BCUT2D eigenvalue weighted by molar-refractivity contribution is 7.21. The molecule has 0 saturated carbocycles. The van der Waals surface area contributed by atoms with Crippen molar-refractivity contribution in [3.63, 3.8) is 0 Å². The standard InChI is InChI=1S/C31H26N6O3S/c1-18-33-27-13-23(29-35-25-4-2-3-5-28(25)41-29)26(34-21-10-11-36-22(12-21)17-40-31(36)39)14-24(27)30(38)37(18)16-20-8-6-19(15-32)7-9-20/h2-9,13-14,21-22,34H,10-12,16-17H2,1H3/t21-,22-/m0/s1. The number of nitrogens with one attached hydrogen (secondary N) is 1. The molecule has 4 heterocycles. The number of nitriles is 1. The first-order valence-electron chi connectivity index (χ1n) is 13.6. The number of aryl methyl sites for hydroxylation is 1. The minimum absolute atomic E-state index is 0.0501. The molecule has 0 aliphatic carbocycles. The zero-order chi connectivity index (χ0) is 28.1. The third kappa shape index (κ3) is 4.58. The van der Waals surface area contributed by atoms with Crippen LogP contribution in [0.2, 0.25) is 0 Å². The summed E-state index contributed by atoms with van der Waals surface area (Å²) in [5.41, 5.74) is 4.64. The molecule has 0 radical (unpaired) electrons. The molecule has 2 aromatic heterocycles. The predicted molar refractivity (Wildman–Crippen MR) is 158 cm³/mol. The number of carbonyl (C=O) groups excluding carboxylic acids is 1. The number of nitrogens with zero attached hydrogens (tertiary/aromatic N) is 5. The third-order valence-electron chi connectivity index (χ3n) is 7.94. The Morgan fingerprint density at radius 1 is 1.10 bits per heavy atom. The maximum Gasteiger partial charge on any atom is 0.410 e. The summed E-state index contributed by atoms with van der Waals surface area (Å²) in [7, 11) is 0. The second kappa shape index (κ2) is 10.0. The van der Waals surface area contributed by atoms with E-state index in [1.165, 1.54) is 0 Å². The number of rotatable bonds is 5. The number of amides is 1. The maximum absolute atomic E-state index is 13.9. The number of hydrogen-bond donors (Lipinski definition) is 1. The van der Waals surface area contributed by atoms with Gasteiger partial charge in [0.25, 0.3) is 5.56 Å². The smallest absolute Gasteiger partial charge is 0.410 e. The minimum atomic E-state index is -0.237. The fourth-order valence-electron chi connectivity index (χ4n) is 5.77. The van der Waals surface area contributed by atoms with Gasteiger partial charge >= 0.3 is 6.09 Å². The lowest BCUT2D eigenvalue weighted by atomic mass is 9.97. The van der Waals surface area contributed by atoms with Crippen LogP contribution >= 0.6 is 11.3 Å². The van der Waals surface area contributed by atoms with Crippen molar-refractivity contribution in [2.75, 3.05) is 18.5 Å². The van der Waals surface area contributed by atoms with Crippen LogP contribution in [0.5, 0.6) is 0 Å². The summed E-state index contributed by atoms with van der Waals surface area (Å²) in [6.45, 7) is 3.23. The summed E-state index contributed by atoms with van der Waals surface area (Å²) in [6, 6.07) is 21.4. The van der Waals surface area contributed by atoms with Crippen LogP contribution in [0.4, 0.5) is 10.5 Å². The Hall–Kier alpha value is -4.75. The normalized spacial score (nSPS) is 18.3. The topological polar surface area (TPSA) is 113 Å². The molecular weight excluding hydrogens is 536 g/mol. The number of para-hydroxylation sites is 1. The van der Waals surface area contributed by atoms with E-state index in [2.05, 4.69) is 17.5 Å². The Labute approximate surface area is 239 Å². The van der Waals surface area contributed by atoms with Gasteiger partial charge in [-0.3, -0.25) is 9.36 Å². The molecule has 7 rings (SSSR count). The molecule has 9 nitrogen and oxygen atoms in total. The minimum Gasteiger partial charge on any atom is -0.447 e. The SMILES string of the molecule is Cc1nc2cc(-c3nc4ccccc4s3)c(N[C@H]3CCN4C(=O)OC[C@@H]4C3)cc2c(=O)n1Cc1ccc(C#N)cc1. The van der Waals surface area contributed by atoms with Crippen molar-refractivity contribution in [2.45, 2.75) is 38.4 Å². The highest BCUT2D eigenvalue weighted by Crippen LogP contribution is 2.38. The fraction of sp³-hybridized carbons (Fsp3) is 0.258. The molecule has 2 aliphatic rings. The van der Waals surface area contributed by atoms with E-state index in [-0.39, 0.29) is 23.7 Å². The van der Waals surface area contributed by atoms with Crippen molar-refractivity contribution in [1.82, 2.24) is 19.4 Å². The lowest BCUT2D eigenvalue weighted by molar-refractivity contribution is 0.153. The second-order valence-electron chi connectivity index (χ2n) is 10.6. The number of fused-ring (bicyclic) bond motifs is 3. The van der Waals surface area contributed by atoms with Crippen molar-refractivity contribution in [3.8, 4) is 16.6 Å². The largest absolute Gasteiger partial charge is 0.447 e. The molecule has 0 spiro atoms. The van der Waals surface area contributed by atoms with Crippen LogP contribution in [0.15, 0.2) is 65.5 Å². The molecule has 204 valence electrons. The summed E-state index contributed by atoms with van der Waals surface area (Å²) in [6.07, 6.45) is 1.30. The van der Waals surface area contributed by atoms with E-state index >= 15 is 0 Å². The van der Waals surface area contributed by atoms with Crippen LogP contribution in [0.3, 0.4) is 0 Å². The van der Waals surface area contributed by atoms with Gasteiger partial charge in [0, 0.05) is 23.8 Å². The van der Waals surface area contributed by atoms with E-state index in [4.69, 9.17) is 20.0 Å². The van der Waals surface area contributed by atoms with E-state index in [0.717, 1.165) is 44.9 Å². The molecule has 3 aromatic carbocycles. The van der Waals surface area contributed by atoms with Crippen LogP contribution in [0.1, 0.15) is 29.8 Å². The van der Waals surface area contributed by atoms with Gasteiger partial charge in [-0.05, 0) is 61.7 Å². The van der Waals surface area contributed by atoms with Crippen molar-refractivity contribution < 1.29 is 9.53 Å². The summed E-state index contributed by atoms with van der Waals surface area (Å²) in [4.78, 5) is 37.5. The highest BCUT2D eigenvalue weighted by atomic mass is 32.1. The molecule has 10 heteroatoms. The lowest BCUT2D eigenvalue weighted by Crippen LogP contribution is -2.45. The molecule has 2 aliphatic heterocycles. The Morgan fingerprint density at radius 2 is 1.93 bits per heavy atom. The quantitative estimate of drug-likeness (QED) is 0.309. The predicted octanol–water partition coefficient (Wildman–Crippen LogP) is 5.30. The molecular formula is C31H26N6O3S. The summed E-state index contributed by atoms with van der Waals surface area (Å²) >= 11 is 1.61. The van der Waals surface area contributed by atoms with Crippen LogP contribution in [-0.2, 0) is 11.3 Å². The zero-order valence-corrected chi connectivity index (χ0v) is 23.1. The first-order valence-corrected chi connectivity index (χ1v) is 14.4. The number of thiazole rings is 1. The molecule has 2 atom stereocenters. The maximum atomic E-state index is 13.9. The van der Waals surface area contributed by atoms with E-state index in [1.807, 2.05) is 54.3 Å². The zero-order valence-electron chi connectivity index (χ0n) is 22.3. The van der Waals surface area contributed by atoms with Gasteiger partial charge in [0.1, 0.15) is 17.4 Å². The monoisotopic (exact) mass is 562 g/mol. The van der Waals surface area contributed by atoms with Crippen LogP contribution in [-0.4, -0.2) is 50.8 Å². The Balaban J connectivity index is 1.31. The van der Waals surface area contributed by atoms with Crippen LogP contribution < -0.4 is 10.9 Å². The van der Waals surface area contributed by atoms with E-state index < -0.39 is 0 Å².